The van der Waals surface area contributed by atoms with Crippen molar-refractivity contribution in [2.75, 3.05) is 39.3 Å². The van der Waals surface area contributed by atoms with Crippen LogP contribution in [0.15, 0.2) is 12.2 Å². The van der Waals surface area contributed by atoms with Gasteiger partial charge in [0.05, 0.1) is 18.5 Å². The molecule has 1 N–H and O–H groups in total. The fraction of sp³-hybridized carbons (Fsp3) is 0.808. The van der Waals surface area contributed by atoms with E-state index in [0.717, 1.165) is 43.4 Å². The molecule has 0 aromatic heterocycles. The largest absolute Gasteiger partial charge is 1.00 e. The van der Waals surface area contributed by atoms with Gasteiger partial charge in [-0.15, -0.1) is 0 Å². The minimum absolute atomic E-state index is 0. The minimum atomic E-state index is -1.39. The maximum absolute atomic E-state index is 12.5. The molecule has 0 saturated carbocycles. The van der Waals surface area contributed by atoms with E-state index in [0.29, 0.717) is 6.42 Å². The Bertz CT molecular complexity index is 563. The Morgan fingerprint density at radius 2 is 1.17 bits per heavy atom. The molecule has 0 spiro atoms. The van der Waals surface area contributed by atoms with Gasteiger partial charge < -0.3 is 29.8 Å². The molecule has 0 aromatic rings. The first-order valence-corrected chi connectivity index (χ1v) is 13.1. The molecule has 0 bridgehead atoms. The number of aliphatic hydroxyl groups is 1. The van der Waals surface area contributed by atoms with Crippen molar-refractivity contribution in [1.82, 2.24) is 9.80 Å². The van der Waals surface area contributed by atoms with Gasteiger partial charge in [0.2, 0.25) is 5.91 Å². The number of aliphatic hydroxyl groups excluding tert-OH is 1. The second-order valence-electron chi connectivity index (χ2n) is 8.89. The molecule has 0 aliphatic carbocycles. The smallest absolute Gasteiger partial charge is 0.549 e. The molecule has 0 aromatic carbocycles. The summed E-state index contributed by atoms with van der Waals surface area (Å²) in [5.41, 5.74) is 0. The van der Waals surface area contributed by atoms with Crippen molar-refractivity contribution >= 4 is 17.8 Å². The van der Waals surface area contributed by atoms with Gasteiger partial charge in [-0.1, -0.05) is 70.4 Å². The number of rotatable bonds is 24. The van der Waals surface area contributed by atoms with Crippen molar-refractivity contribution in [3.63, 3.8) is 0 Å². The van der Waals surface area contributed by atoms with Crippen LogP contribution in [0.3, 0.4) is 0 Å². The molecule has 0 radical (unpaired) electrons. The monoisotopic (exact) mass is 528 g/mol. The number of carboxylic acids is 2. The average molecular weight is 529 g/mol. The summed E-state index contributed by atoms with van der Waals surface area (Å²) >= 11 is 0. The van der Waals surface area contributed by atoms with E-state index in [1.165, 1.54) is 49.8 Å². The zero-order chi connectivity index (χ0) is 25.4. The van der Waals surface area contributed by atoms with Crippen LogP contribution in [0.4, 0.5) is 0 Å². The molecule has 10 heteroatoms. The Labute approximate surface area is 262 Å². The zero-order valence-electron chi connectivity index (χ0n) is 23.2. The van der Waals surface area contributed by atoms with Crippen molar-refractivity contribution in [3.05, 3.63) is 12.2 Å². The van der Waals surface area contributed by atoms with Crippen LogP contribution in [0.25, 0.3) is 0 Å². The van der Waals surface area contributed by atoms with Gasteiger partial charge in [0.15, 0.2) is 0 Å². The maximum Gasteiger partial charge on any atom is 1.00 e. The second-order valence-corrected chi connectivity index (χ2v) is 8.89. The summed E-state index contributed by atoms with van der Waals surface area (Å²) in [4.78, 5) is 36.6. The van der Waals surface area contributed by atoms with E-state index in [1.54, 1.807) is 0 Å². The number of carboxylic acid groups (broad SMARTS) is 2. The number of hydrogen-bond donors (Lipinski definition) is 1. The Hall–Kier alpha value is 0.0700. The number of unbranched alkanes of at least 4 members (excludes halogenated alkanes) is 11. The van der Waals surface area contributed by atoms with Gasteiger partial charge in [-0.3, -0.25) is 9.69 Å². The molecule has 0 aliphatic rings. The first kappa shape index (κ1) is 40.6. The zero-order valence-corrected chi connectivity index (χ0v) is 27.2. The molecule has 36 heavy (non-hydrogen) atoms. The van der Waals surface area contributed by atoms with E-state index < -0.39 is 25.0 Å². The predicted molar refractivity (Wildman–Crippen MR) is 130 cm³/mol. The summed E-state index contributed by atoms with van der Waals surface area (Å²) in [6, 6.07) is 0. The minimum Gasteiger partial charge on any atom is -0.549 e. The number of carbonyl (C=O) groups excluding carboxylic acids is 3. The van der Waals surface area contributed by atoms with Crippen molar-refractivity contribution in [1.29, 1.82) is 0 Å². The Balaban J connectivity index is -0.00000544. The van der Waals surface area contributed by atoms with Crippen molar-refractivity contribution in [2.45, 2.75) is 96.8 Å². The number of hydrogen-bond acceptors (Lipinski definition) is 7. The van der Waals surface area contributed by atoms with Crippen LogP contribution >= 0.6 is 0 Å². The Morgan fingerprint density at radius 1 is 0.694 bits per heavy atom. The van der Waals surface area contributed by atoms with E-state index in [1.807, 2.05) is 0 Å². The third-order valence-corrected chi connectivity index (χ3v) is 5.77. The molecule has 0 aliphatic heterocycles. The number of allylic oxidation sites excluding steroid dienone is 2. The van der Waals surface area contributed by atoms with Crippen LogP contribution in [0.1, 0.15) is 96.8 Å². The van der Waals surface area contributed by atoms with Crippen LogP contribution in [-0.4, -0.2) is 72.1 Å². The van der Waals surface area contributed by atoms with E-state index in [4.69, 9.17) is 0 Å². The summed E-state index contributed by atoms with van der Waals surface area (Å²) in [5.74, 6) is -2.90. The molecule has 0 rings (SSSR count). The normalized spacial score (nSPS) is 10.8. The van der Waals surface area contributed by atoms with Crippen molar-refractivity contribution < 1.29 is 88.8 Å². The predicted octanol–water partition coefficient (Wildman–Crippen LogP) is -4.35. The second kappa shape index (κ2) is 29.6. The fourth-order valence-corrected chi connectivity index (χ4v) is 3.83. The van der Waals surface area contributed by atoms with E-state index in [-0.39, 0.29) is 91.3 Å². The van der Waals surface area contributed by atoms with Gasteiger partial charge in [-0.25, -0.2) is 0 Å². The van der Waals surface area contributed by atoms with E-state index in [2.05, 4.69) is 19.1 Å². The number of amides is 1. The van der Waals surface area contributed by atoms with Crippen LogP contribution in [0.5, 0.6) is 0 Å². The molecular formula is C26H46N2Na2O6. The van der Waals surface area contributed by atoms with Crippen LogP contribution < -0.4 is 69.3 Å². The average Bonchev–Trinajstić information content (AvgIpc) is 2.78. The topological polar surface area (TPSA) is 124 Å². The molecular weight excluding hydrogens is 482 g/mol. The standard InChI is InChI=1S/C26H48N2O6.2Na/c1-2-3-4-5-6-7-8-9-10-11-12-13-14-15-16-17-24(30)28(20-21-29)19-18-27(22-25(31)32)23-26(33)34;;/h9-10,29H,2-8,11-23H2,1H3,(H,31,32)(H,33,34);;/q;2*+1/p-2/b10-9+;;. The van der Waals surface area contributed by atoms with Crippen LogP contribution in [-0.2, 0) is 14.4 Å². The van der Waals surface area contributed by atoms with E-state index >= 15 is 0 Å². The van der Waals surface area contributed by atoms with Crippen molar-refractivity contribution in [3.8, 4) is 0 Å². The third kappa shape index (κ3) is 27.1. The molecule has 0 heterocycles. The van der Waals surface area contributed by atoms with Gasteiger partial charge in [-0.2, -0.15) is 0 Å². The number of carbonyl (C=O) groups is 3. The first-order valence-electron chi connectivity index (χ1n) is 13.1. The Morgan fingerprint density at radius 3 is 1.64 bits per heavy atom. The van der Waals surface area contributed by atoms with E-state index in [9.17, 15) is 29.7 Å². The quantitative estimate of drug-likeness (QED) is 0.0763. The summed E-state index contributed by atoms with van der Waals surface area (Å²) < 4.78 is 0. The van der Waals surface area contributed by atoms with Gasteiger partial charge >= 0.3 is 59.1 Å². The SMILES string of the molecule is CCCCCCCC/C=C/CCCCCCCC(=O)N(CCO)CCN(CC(=O)[O-])CC(=O)[O-].[Na+].[Na+]. The van der Waals surface area contributed by atoms with Gasteiger partial charge in [-0.05, 0) is 32.1 Å². The summed E-state index contributed by atoms with van der Waals surface area (Å²) in [5, 5.41) is 30.8. The molecule has 0 saturated heterocycles. The van der Waals surface area contributed by atoms with Gasteiger partial charge in [0, 0.05) is 39.1 Å². The van der Waals surface area contributed by atoms with Gasteiger partial charge in [0.25, 0.3) is 0 Å². The third-order valence-electron chi connectivity index (χ3n) is 5.77. The Kier molecular flexibility index (Phi) is 33.4. The molecule has 0 unspecified atom stereocenters. The number of aliphatic carboxylic acids is 2. The molecule has 0 atom stereocenters. The summed E-state index contributed by atoms with van der Waals surface area (Å²) in [7, 11) is 0. The molecule has 0 fully saturated rings. The maximum atomic E-state index is 12.5. The number of nitrogens with zero attached hydrogens (tertiary/aromatic N) is 2. The van der Waals surface area contributed by atoms with Gasteiger partial charge in [0.1, 0.15) is 0 Å². The molecule has 198 valence electrons. The summed E-state index contributed by atoms with van der Waals surface area (Å²) in [6.45, 7) is 1.26. The van der Waals surface area contributed by atoms with Crippen molar-refractivity contribution in [2.24, 2.45) is 0 Å². The molecule has 8 nitrogen and oxygen atoms in total. The molecule has 1 amide bonds. The first-order chi connectivity index (χ1) is 16.4. The fourth-order valence-electron chi connectivity index (χ4n) is 3.83. The van der Waals surface area contributed by atoms with Crippen LogP contribution in [0.2, 0.25) is 0 Å². The van der Waals surface area contributed by atoms with Crippen LogP contribution in [0, 0.1) is 0 Å². The summed E-state index contributed by atoms with van der Waals surface area (Å²) in [6.07, 6.45) is 20.3.